The Kier molecular flexibility index (Phi) is 6.86. The summed E-state index contributed by atoms with van der Waals surface area (Å²) < 4.78 is 50.7. The van der Waals surface area contributed by atoms with Crippen LogP contribution in [0.1, 0.15) is 29.2 Å². The Labute approximate surface area is 202 Å². The van der Waals surface area contributed by atoms with Gasteiger partial charge in [0.05, 0.1) is 24.6 Å². The van der Waals surface area contributed by atoms with Crippen molar-refractivity contribution < 1.29 is 37.3 Å². The van der Waals surface area contributed by atoms with E-state index in [0.717, 1.165) is 16.7 Å². The summed E-state index contributed by atoms with van der Waals surface area (Å²) in [5.74, 6) is -0.269. The summed E-state index contributed by atoms with van der Waals surface area (Å²) in [5, 5.41) is 14.2. The summed E-state index contributed by atoms with van der Waals surface area (Å²) in [5.41, 5.74) is -0.927. The van der Waals surface area contributed by atoms with Gasteiger partial charge >= 0.3 is 18.2 Å². The fourth-order valence-corrected chi connectivity index (χ4v) is 3.67. The number of fused-ring (bicyclic) bond motifs is 1. The Morgan fingerprint density at radius 3 is 2.58 bits per heavy atom. The average molecular weight is 503 g/mol. The van der Waals surface area contributed by atoms with Crippen LogP contribution in [0.15, 0.2) is 65.6 Å². The van der Waals surface area contributed by atoms with Crippen LogP contribution < -0.4 is 25.7 Å². The zero-order valence-electron chi connectivity index (χ0n) is 18.5. The van der Waals surface area contributed by atoms with Crippen molar-refractivity contribution in [3.8, 4) is 11.5 Å². The minimum Gasteiger partial charge on any atom is -0.481 e. The van der Waals surface area contributed by atoms with Crippen molar-refractivity contribution in [3.63, 3.8) is 0 Å². The van der Waals surface area contributed by atoms with Gasteiger partial charge in [-0.3, -0.25) is 9.59 Å². The number of aliphatic carboxylic acids is 1. The van der Waals surface area contributed by atoms with E-state index in [-0.39, 0.29) is 24.6 Å². The van der Waals surface area contributed by atoms with Gasteiger partial charge < -0.3 is 29.8 Å². The Bertz CT molecular complexity index is 1360. The fraction of sp³-hybridized carbons (Fsp3) is 0.208. The molecule has 0 aliphatic carbocycles. The summed E-state index contributed by atoms with van der Waals surface area (Å²) in [6.45, 7) is -0.129. The molecular formula is C24H20F3N3O6. The summed E-state index contributed by atoms with van der Waals surface area (Å²) in [4.78, 5) is 36.8. The predicted molar refractivity (Wildman–Crippen MR) is 121 cm³/mol. The second kappa shape index (κ2) is 10.0. The monoisotopic (exact) mass is 503 g/mol. The van der Waals surface area contributed by atoms with Gasteiger partial charge in [-0.25, -0.2) is 4.79 Å². The lowest BCUT2D eigenvalue weighted by molar-refractivity contribution is -0.138. The van der Waals surface area contributed by atoms with Crippen molar-refractivity contribution in [1.82, 2.24) is 9.88 Å². The molecule has 1 aromatic heterocycles. The molecule has 0 spiro atoms. The first-order chi connectivity index (χ1) is 17.1. The molecule has 0 fully saturated rings. The number of aromatic nitrogens is 1. The van der Waals surface area contributed by atoms with E-state index in [9.17, 15) is 32.7 Å². The van der Waals surface area contributed by atoms with Gasteiger partial charge in [-0.05, 0) is 47.5 Å². The first-order valence-corrected chi connectivity index (χ1v) is 10.6. The van der Waals surface area contributed by atoms with E-state index in [0.29, 0.717) is 17.1 Å². The maximum Gasteiger partial charge on any atom is 0.416 e. The number of urea groups is 1. The first kappa shape index (κ1) is 24.6. The second-order valence-electron chi connectivity index (χ2n) is 7.91. The molecule has 1 aliphatic rings. The summed E-state index contributed by atoms with van der Waals surface area (Å²) in [6.07, 6.45) is -3.58. The zero-order valence-corrected chi connectivity index (χ0v) is 18.5. The highest BCUT2D eigenvalue weighted by molar-refractivity contribution is 5.89. The minimum atomic E-state index is -4.52. The van der Waals surface area contributed by atoms with Crippen LogP contribution in [0.2, 0.25) is 0 Å². The number of alkyl halides is 3. The number of benzene rings is 2. The number of ether oxygens (including phenoxy) is 2. The number of carbonyl (C=O) groups is 2. The van der Waals surface area contributed by atoms with Crippen LogP contribution in [-0.2, 0) is 17.5 Å². The zero-order chi connectivity index (χ0) is 25.9. The van der Waals surface area contributed by atoms with E-state index >= 15 is 0 Å². The van der Waals surface area contributed by atoms with Crippen molar-refractivity contribution in [2.24, 2.45) is 0 Å². The summed E-state index contributed by atoms with van der Waals surface area (Å²) in [7, 11) is 0. The number of nitrogens with zero attached hydrogens (tertiary/aromatic N) is 1. The molecule has 3 N–H and O–H groups in total. The molecule has 9 nitrogen and oxygen atoms in total. The third-order valence-electron chi connectivity index (χ3n) is 5.36. The molecule has 1 unspecified atom stereocenters. The van der Waals surface area contributed by atoms with Crippen LogP contribution in [0.25, 0.3) is 0 Å². The highest BCUT2D eigenvalue weighted by Crippen LogP contribution is 2.35. The smallest absolute Gasteiger partial charge is 0.416 e. The number of carbonyl (C=O) groups excluding carboxylic acids is 1. The molecular weight excluding hydrogens is 483 g/mol. The number of amides is 2. The lowest BCUT2D eigenvalue weighted by Crippen LogP contribution is -2.36. The van der Waals surface area contributed by atoms with Crippen LogP contribution in [0.5, 0.6) is 11.5 Å². The SMILES string of the molecule is O=C(O)CC(NC(=O)Nc1cccn(Cc2cccc(C(F)(F)F)c2)c1=O)c1ccc2c(c1)OCO2. The van der Waals surface area contributed by atoms with Crippen molar-refractivity contribution >= 4 is 17.7 Å². The van der Waals surface area contributed by atoms with Gasteiger partial charge in [0.15, 0.2) is 11.5 Å². The van der Waals surface area contributed by atoms with E-state index in [1.165, 1.54) is 30.5 Å². The summed E-state index contributed by atoms with van der Waals surface area (Å²) >= 11 is 0. The lowest BCUT2D eigenvalue weighted by Gasteiger charge is -2.18. The minimum absolute atomic E-state index is 0.0249. The number of carboxylic acids is 1. The Balaban J connectivity index is 1.49. The molecule has 2 heterocycles. The second-order valence-corrected chi connectivity index (χ2v) is 7.91. The van der Waals surface area contributed by atoms with Crippen molar-refractivity contribution in [2.75, 3.05) is 12.1 Å². The average Bonchev–Trinajstić information content (AvgIpc) is 3.28. The molecule has 0 bridgehead atoms. The number of carboxylic acid groups (broad SMARTS) is 1. The molecule has 2 amide bonds. The van der Waals surface area contributed by atoms with Gasteiger partial charge in [-0.15, -0.1) is 0 Å². The molecule has 3 aromatic rings. The maximum atomic E-state index is 13.0. The molecule has 12 heteroatoms. The molecule has 1 atom stereocenters. The third-order valence-corrected chi connectivity index (χ3v) is 5.36. The van der Waals surface area contributed by atoms with Gasteiger partial charge in [-0.2, -0.15) is 13.2 Å². The lowest BCUT2D eigenvalue weighted by atomic mass is 10.0. The van der Waals surface area contributed by atoms with E-state index < -0.39 is 41.8 Å². The molecule has 4 rings (SSSR count). The Morgan fingerprint density at radius 1 is 1.06 bits per heavy atom. The molecule has 0 saturated carbocycles. The first-order valence-electron chi connectivity index (χ1n) is 10.6. The van der Waals surface area contributed by atoms with Crippen molar-refractivity contribution in [2.45, 2.75) is 25.2 Å². The molecule has 36 heavy (non-hydrogen) atoms. The van der Waals surface area contributed by atoms with E-state index in [1.807, 2.05) is 0 Å². The van der Waals surface area contributed by atoms with Gasteiger partial charge in [0.2, 0.25) is 6.79 Å². The van der Waals surface area contributed by atoms with Gasteiger partial charge in [0, 0.05) is 6.20 Å². The topological polar surface area (TPSA) is 119 Å². The molecule has 0 radical (unpaired) electrons. The molecule has 2 aromatic carbocycles. The molecule has 0 saturated heterocycles. The van der Waals surface area contributed by atoms with Gasteiger partial charge in [0.1, 0.15) is 5.69 Å². The standard InChI is InChI=1S/C24H20F3N3O6/c25-24(26,27)16-4-1-3-14(9-16)12-30-8-2-5-17(22(30)33)28-23(34)29-18(11-21(31)32)15-6-7-19-20(10-15)36-13-35-19/h1-10,18H,11-13H2,(H,31,32)(H2,28,29,34). The van der Waals surface area contributed by atoms with E-state index in [4.69, 9.17) is 9.47 Å². The normalized spacial score (nSPS) is 13.2. The number of hydrogen-bond donors (Lipinski definition) is 3. The highest BCUT2D eigenvalue weighted by Gasteiger charge is 2.30. The van der Waals surface area contributed by atoms with Gasteiger partial charge in [0.25, 0.3) is 5.56 Å². The van der Waals surface area contributed by atoms with Crippen LogP contribution >= 0.6 is 0 Å². The maximum absolute atomic E-state index is 13.0. The fourth-order valence-electron chi connectivity index (χ4n) is 3.67. The van der Waals surface area contributed by atoms with Crippen LogP contribution in [-0.4, -0.2) is 28.5 Å². The number of hydrogen-bond acceptors (Lipinski definition) is 5. The van der Waals surface area contributed by atoms with Crippen molar-refractivity contribution in [1.29, 1.82) is 0 Å². The Morgan fingerprint density at radius 2 is 1.83 bits per heavy atom. The van der Waals surface area contributed by atoms with E-state index in [2.05, 4.69) is 10.6 Å². The number of nitrogens with one attached hydrogen (secondary N) is 2. The number of anilines is 1. The van der Waals surface area contributed by atoms with Crippen LogP contribution in [0, 0.1) is 0 Å². The van der Waals surface area contributed by atoms with E-state index in [1.54, 1.807) is 18.2 Å². The predicted octanol–water partition coefficient (Wildman–Crippen LogP) is 3.98. The quantitative estimate of drug-likeness (QED) is 0.449. The van der Waals surface area contributed by atoms with Crippen molar-refractivity contribution in [3.05, 3.63) is 87.8 Å². The summed E-state index contributed by atoms with van der Waals surface area (Å²) in [6, 6.07) is 10.3. The molecule has 188 valence electrons. The molecule has 1 aliphatic heterocycles. The van der Waals surface area contributed by atoms with Crippen LogP contribution in [0.3, 0.4) is 0 Å². The number of rotatable bonds is 7. The van der Waals surface area contributed by atoms with Gasteiger partial charge in [-0.1, -0.05) is 18.2 Å². The largest absolute Gasteiger partial charge is 0.481 e. The number of halogens is 3. The van der Waals surface area contributed by atoms with Crippen LogP contribution in [0.4, 0.5) is 23.7 Å². The third kappa shape index (κ3) is 5.77. The number of pyridine rings is 1. The Hall–Kier alpha value is -4.48. The highest BCUT2D eigenvalue weighted by atomic mass is 19.4.